The molecule has 82 valence electrons. The first-order valence-electron chi connectivity index (χ1n) is 4.96. The molecule has 1 heterocycles. The maximum atomic E-state index is 11.4. The van der Waals surface area contributed by atoms with Crippen molar-refractivity contribution in [2.45, 2.75) is 32.2 Å². The van der Waals surface area contributed by atoms with E-state index in [0.29, 0.717) is 5.92 Å². The third kappa shape index (κ3) is 2.08. The minimum atomic E-state index is -0.588. The van der Waals surface area contributed by atoms with Gasteiger partial charge in [0, 0.05) is 5.54 Å². The molecule has 0 spiro atoms. The lowest BCUT2D eigenvalue weighted by atomic mass is 9.99. The molecule has 1 aromatic rings. The summed E-state index contributed by atoms with van der Waals surface area (Å²) < 4.78 is 0. The first-order valence-corrected chi connectivity index (χ1v) is 4.96. The number of hydrogen-bond acceptors (Lipinski definition) is 4. The summed E-state index contributed by atoms with van der Waals surface area (Å²) in [6, 6.07) is 0. The number of nitrogens with one attached hydrogen (secondary N) is 3. The number of H-pyrrole nitrogens is 2. The number of hydrogen-bond donors (Lipinski definition) is 3. The Morgan fingerprint density at radius 2 is 2.07 bits per heavy atom. The van der Waals surface area contributed by atoms with Crippen molar-refractivity contribution in [2.24, 2.45) is 5.92 Å². The molecule has 0 aromatic carbocycles. The normalized spacial score (nSPS) is 16.4. The summed E-state index contributed by atoms with van der Waals surface area (Å²) >= 11 is 0. The molecule has 1 aliphatic carbocycles. The zero-order valence-corrected chi connectivity index (χ0v) is 8.76. The van der Waals surface area contributed by atoms with Crippen molar-refractivity contribution in [1.82, 2.24) is 15.2 Å². The van der Waals surface area contributed by atoms with Crippen molar-refractivity contribution >= 4 is 5.82 Å². The van der Waals surface area contributed by atoms with Crippen LogP contribution in [-0.2, 0) is 0 Å². The van der Waals surface area contributed by atoms with E-state index in [4.69, 9.17) is 0 Å². The number of aromatic nitrogens is 3. The summed E-state index contributed by atoms with van der Waals surface area (Å²) in [4.78, 5) is 24.2. The maximum Gasteiger partial charge on any atom is 0.342 e. The summed E-state index contributed by atoms with van der Waals surface area (Å²) in [5, 5.41) is 8.93. The van der Waals surface area contributed by atoms with Crippen LogP contribution in [0.15, 0.2) is 9.59 Å². The summed E-state index contributed by atoms with van der Waals surface area (Å²) in [6.07, 6.45) is 2.34. The molecule has 6 heteroatoms. The van der Waals surface area contributed by atoms with Crippen LogP contribution >= 0.6 is 0 Å². The molecule has 1 aliphatic rings. The highest BCUT2D eigenvalue weighted by Crippen LogP contribution is 2.40. The average molecular weight is 210 g/mol. The number of nitrogens with zero attached hydrogens (tertiary/aromatic N) is 1. The van der Waals surface area contributed by atoms with Gasteiger partial charge in [-0.2, -0.15) is 0 Å². The Balaban J connectivity index is 2.24. The zero-order valence-electron chi connectivity index (χ0n) is 8.76. The van der Waals surface area contributed by atoms with Crippen LogP contribution in [0.3, 0.4) is 0 Å². The molecule has 6 nitrogen and oxygen atoms in total. The third-order valence-electron chi connectivity index (χ3n) is 2.75. The highest BCUT2D eigenvalue weighted by atomic mass is 16.2. The van der Waals surface area contributed by atoms with Crippen molar-refractivity contribution in [3.05, 3.63) is 20.8 Å². The highest BCUT2D eigenvalue weighted by molar-refractivity contribution is 5.33. The largest absolute Gasteiger partial charge is 0.359 e. The van der Waals surface area contributed by atoms with Crippen LogP contribution in [-0.4, -0.2) is 20.7 Å². The van der Waals surface area contributed by atoms with E-state index in [0.717, 1.165) is 0 Å². The van der Waals surface area contributed by atoms with Gasteiger partial charge in [0.1, 0.15) is 0 Å². The van der Waals surface area contributed by atoms with Crippen molar-refractivity contribution in [2.75, 3.05) is 5.32 Å². The maximum absolute atomic E-state index is 11.4. The lowest BCUT2D eigenvalue weighted by molar-refractivity contribution is 0.490. The zero-order chi connectivity index (χ0) is 11.1. The Kier molecular flexibility index (Phi) is 2.13. The lowest BCUT2D eigenvalue weighted by Crippen LogP contribution is -2.38. The van der Waals surface area contributed by atoms with Crippen molar-refractivity contribution in [3.63, 3.8) is 0 Å². The quantitative estimate of drug-likeness (QED) is 0.658. The summed E-state index contributed by atoms with van der Waals surface area (Å²) in [6.45, 7) is 4.05. The predicted molar refractivity (Wildman–Crippen MR) is 55.9 cm³/mol. The van der Waals surface area contributed by atoms with E-state index >= 15 is 0 Å². The number of aromatic amines is 2. The molecule has 0 amide bonds. The molecule has 0 bridgehead atoms. The number of rotatable bonds is 3. The van der Waals surface area contributed by atoms with E-state index in [-0.39, 0.29) is 11.4 Å². The van der Waals surface area contributed by atoms with Crippen molar-refractivity contribution in [3.8, 4) is 0 Å². The lowest BCUT2D eigenvalue weighted by Gasteiger charge is -2.25. The van der Waals surface area contributed by atoms with Gasteiger partial charge >= 0.3 is 5.69 Å². The van der Waals surface area contributed by atoms with Crippen LogP contribution in [0.4, 0.5) is 5.82 Å². The monoisotopic (exact) mass is 210 g/mol. The molecule has 0 unspecified atom stereocenters. The van der Waals surface area contributed by atoms with E-state index in [1.807, 2.05) is 13.8 Å². The predicted octanol–water partition coefficient (Wildman–Crippen LogP) is 0.0587. The fourth-order valence-electron chi connectivity index (χ4n) is 1.64. The fourth-order valence-corrected chi connectivity index (χ4v) is 1.64. The second-order valence-electron chi connectivity index (χ2n) is 4.48. The van der Waals surface area contributed by atoms with Gasteiger partial charge in [0.2, 0.25) is 5.82 Å². The van der Waals surface area contributed by atoms with Gasteiger partial charge in [-0.05, 0) is 32.6 Å². The van der Waals surface area contributed by atoms with E-state index in [2.05, 4.69) is 20.5 Å². The Morgan fingerprint density at radius 3 is 2.60 bits per heavy atom. The second-order valence-corrected chi connectivity index (χ2v) is 4.48. The Morgan fingerprint density at radius 1 is 1.40 bits per heavy atom. The van der Waals surface area contributed by atoms with Gasteiger partial charge in [-0.25, -0.2) is 9.89 Å². The van der Waals surface area contributed by atoms with Crippen LogP contribution in [0.25, 0.3) is 0 Å². The van der Waals surface area contributed by atoms with Gasteiger partial charge < -0.3 is 5.32 Å². The van der Waals surface area contributed by atoms with E-state index < -0.39 is 11.2 Å². The van der Waals surface area contributed by atoms with Crippen LogP contribution in [0.1, 0.15) is 26.7 Å². The third-order valence-corrected chi connectivity index (χ3v) is 2.75. The standard InChI is InChI=1S/C9H14N4O2/c1-9(2,5-3-4-5)11-6-7(14)10-8(15)13-12-6/h5H,3-4H2,1-2H3,(H,11,12)(H2,10,13,14,15). The molecule has 0 saturated heterocycles. The molecule has 2 rings (SSSR count). The van der Waals surface area contributed by atoms with Gasteiger partial charge in [-0.15, -0.1) is 5.10 Å². The summed E-state index contributed by atoms with van der Waals surface area (Å²) in [7, 11) is 0. The van der Waals surface area contributed by atoms with Crippen LogP contribution < -0.4 is 16.6 Å². The van der Waals surface area contributed by atoms with Gasteiger partial charge in [-0.1, -0.05) is 0 Å². The Hall–Kier alpha value is -1.59. The van der Waals surface area contributed by atoms with Crippen molar-refractivity contribution < 1.29 is 0 Å². The number of anilines is 1. The van der Waals surface area contributed by atoms with Crippen LogP contribution in [0.2, 0.25) is 0 Å². The molecule has 0 atom stereocenters. The molecular weight excluding hydrogens is 196 g/mol. The first kappa shape index (κ1) is 9.95. The topological polar surface area (TPSA) is 90.6 Å². The molecule has 1 saturated carbocycles. The second kappa shape index (κ2) is 3.22. The molecule has 0 aliphatic heterocycles. The van der Waals surface area contributed by atoms with Gasteiger partial charge in [0.15, 0.2) is 0 Å². The van der Waals surface area contributed by atoms with Gasteiger partial charge in [0.05, 0.1) is 0 Å². The molecule has 1 aromatic heterocycles. The average Bonchev–Trinajstić information content (AvgIpc) is 2.92. The SMILES string of the molecule is CC(C)(Nc1n[nH]c(=O)[nH]c1=O)C1CC1. The molecular formula is C9H14N4O2. The van der Waals surface area contributed by atoms with Crippen molar-refractivity contribution in [1.29, 1.82) is 0 Å². The van der Waals surface area contributed by atoms with Gasteiger partial charge in [-0.3, -0.25) is 9.78 Å². The van der Waals surface area contributed by atoms with E-state index in [9.17, 15) is 9.59 Å². The van der Waals surface area contributed by atoms with Crippen LogP contribution in [0.5, 0.6) is 0 Å². The molecule has 0 radical (unpaired) electrons. The smallest absolute Gasteiger partial charge is 0.342 e. The Bertz CT molecular complexity index is 469. The highest BCUT2D eigenvalue weighted by Gasteiger charge is 2.38. The molecule has 3 N–H and O–H groups in total. The first-order chi connectivity index (χ1) is 6.99. The Labute approximate surface area is 86.1 Å². The van der Waals surface area contributed by atoms with Crippen LogP contribution in [0, 0.1) is 5.92 Å². The van der Waals surface area contributed by atoms with E-state index in [1.165, 1.54) is 12.8 Å². The van der Waals surface area contributed by atoms with Gasteiger partial charge in [0.25, 0.3) is 5.56 Å². The minimum Gasteiger partial charge on any atom is -0.359 e. The summed E-state index contributed by atoms with van der Waals surface area (Å²) in [5.41, 5.74) is -1.22. The summed E-state index contributed by atoms with van der Waals surface area (Å²) in [5.74, 6) is 0.747. The fraction of sp³-hybridized carbons (Fsp3) is 0.667. The van der Waals surface area contributed by atoms with E-state index in [1.54, 1.807) is 0 Å². The molecule has 15 heavy (non-hydrogen) atoms. The molecule has 1 fully saturated rings. The minimum absolute atomic E-state index is 0.155.